The summed E-state index contributed by atoms with van der Waals surface area (Å²) in [7, 11) is 0. The van der Waals surface area contributed by atoms with Gasteiger partial charge in [-0.25, -0.2) is 19.4 Å². The lowest BCUT2D eigenvalue weighted by molar-refractivity contribution is -0.111. The predicted octanol–water partition coefficient (Wildman–Crippen LogP) is 4.54. The molecule has 2 saturated heterocycles. The van der Waals surface area contributed by atoms with Crippen LogP contribution in [0.1, 0.15) is 65.6 Å². The van der Waals surface area contributed by atoms with Crippen molar-refractivity contribution >= 4 is 47.4 Å². The maximum atomic E-state index is 15.0. The van der Waals surface area contributed by atoms with Crippen molar-refractivity contribution in [1.29, 1.82) is 0 Å². The van der Waals surface area contributed by atoms with Crippen LogP contribution in [0.5, 0.6) is 0 Å². The van der Waals surface area contributed by atoms with Crippen LogP contribution >= 0.6 is 0 Å². The van der Waals surface area contributed by atoms with Gasteiger partial charge >= 0.3 is 0 Å². The first-order chi connectivity index (χ1) is 25.3. The van der Waals surface area contributed by atoms with Gasteiger partial charge in [0.15, 0.2) is 0 Å². The van der Waals surface area contributed by atoms with Crippen molar-refractivity contribution in [1.82, 2.24) is 15.2 Å². The monoisotopic (exact) mass is 709 g/mol. The van der Waals surface area contributed by atoms with Crippen molar-refractivity contribution in [2.45, 2.75) is 63.0 Å². The molecule has 5 N–H and O–H groups in total. The van der Waals surface area contributed by atoms with Crippen molar-refractivity contribution < 1.29 is 23.8 Å². The van der Waals surface area contributed by atoms with Gasteiger partial charge in [0.2, 0.25) is 5.91 Å². The van der Waals surface area contributed by atoms with Crippen LogP contribution in [-0.2, 0) is 21.9 Å². The summed E-state index contributed by atoms with van der Waals surface area (Å²) >= 11 is 0. The van der Waals surface area contributed by atoms with E-state index in [4.69, 9.17) is 4.74 Å². The maximum Gasteiger partial charge on any atom is 0.259 e. The van der Waals surface area contributed by atoms with Crippen LogP contribution < -0.4 is 26.2 Å². The lowest BCUT2D eigenvalue weighted by Gasteiger charge is -2.45. The van der Waals surface area contributed by atoms with E-state index in [9.17, 15) is 14.7 Å². The molecule has 272 valence electrons. The smallest absolute Gasteiger partial charge is 0.259 e. The molecule has 2 amide bonds. The van der Waals surface area contributed by atoms with E-state index in [-0.39, 0.29) is 28.9 Å². The minimum atomic E-state index is -1.51. The molecule has 1 saturated carbocycles. The average molecular weight is 710 g/mol. The zero-order chi connectivity index (χ0) is 36.2. The highest BCUT2D eigenvalue weighted by molar-refractivity contribution is 6.04. The van der Waals surface area contributed by atoms with Gasteiger partial charge in [-0.2, -0.15) is 0 Å². The largest absolute Gasteiger partial charge is 0.392 e. The molecule has 1 aliphatic carbocycles. The Balaban J connectivity index is 1.17. The number of aliphatic hydroxyl groups is 1. The Morgan fingerprint density at radius 3 is 2.56 bits per heavy atom. The Bertz CT molecular complexity index is 1880. The minimum Gasteiger partial charge on any atom is -0.392 e. The summed E-state index contributed by atoms with van der Waals surface area (Å²) in [5.74, 6) is -2.79. The van der Waals surface area contributed by atoms with Crippen LogP contribution in [0.4, 0.5) is 27.3 Å². The van der Waals surface area contributed by atoms with Crippen molar-refractivity contribution in [3.05, 3.63) is 89.4 Å². The van der Waals surface area contributed by atoms with Gasteiger partial charge in [-0.15, -0.1) is 0 Å². The lowest BCUT2D eigenvalue weighted by Crippen LogP contribution is -2.56. The van der Waals surface area contributed by atoms with Gasteiger partial charge < -0.3 is 36.0 Å². The number of ether oxygens (including phenoxy) is 1. The summed E-state index contributed by atoms with van der Waals surface area (Å²) in [6.45, 7) is 9.47. The van der Waals surface area contributed by atoms with E-state index >= 15 is 4.39 Å². The Hall–Kier alpha value is -5.18. The van der Waals surface area contributed by atoms with E-state index in [2.05, 4.69) is 59.5 Å². The molecule has 0 spiro atoms. The number of benzene rings is 2. The Morgan fingerprint density at radius 2 is 1.87 bits per heavy atom. The summed E-state index contributed by atoms with van der Waals surface area (Å²) in [6.07, 6.45) is 9.72. The quantitative estimate of drug-likeness (QED) is 0.181. The van der Waals surface area contributed by atoms with Gasteiger partial charge in [0, 0.05) is 67.9 Å². The standard InChI is InChI=1S/C38H44FN9O4/c1-3-35(50)44-33-19-27(7-9-34(33)48-15-14-47(20-24(48)2)28-11-16-52-17-12-28)46-38(42-22-40-23-43-38)31-10-13-41-36(30(31)21-49)45-37(51)29-8-6-26(18-32(29)39)25-4-5-25/h3,6-10,13,18-19,22-25,28,46,49H,1,4-5,11-12,14-17,20-21H2,2H3,(H,44,50)(H,40,42,43)(H,41,45,51). The van der Waals surface area contributed by atoms with E-state index in [1.807, 2.05) is 18.2 Å². The summed E-state index contributed by atoms with van der Waals surface area (Å²) in [5.41, 5.74) is 3.41. The van der Waals surface area contributed by atoms with E-state index < -0.39 is 24.1 Å². The number of aromatic nitrogens is 1. The van der Waals surface area contributed by atoms with Gasteiger partial charge in [0.05, 0.1) is 36.2 Å². The zero-order valence-electron chi connectivity index (χ0n) is 29.1. The number of carbonyl (C=O) groups excluding carboxylic acids is 2. The summed E-state index contributed by atoms with van der Waals surface area (Å²) in [5, 5.41) is 22.6. The number of carbonyl (C=O) groups is 2. The first-order valence-electron chi connectivity index (χ1n) is 17.8. The number of aliphatic imine (C=N–C) groups is 2. The van der Waals surface area contributed by atoms with E-state index in [0.717, 1.165) is 69.8 Å². The molecule has 1 unspecified atom stereocenters. The first kappa shape index (κ1) is 35.2. The second-order valence-electron chi connectivity index (χ2n) is 13.6. The van der Waals surface area contributed by atoms with Crippen LogP contribution in [0.3, 0.4) is 0 Å². The molecule has 3 aliphatic heterocycles. The molecule has 3 aromatic rings. The van der Waals surface area contributed by atoms with Crippen molar-refractivity contribution in [3.8, 4) is 0 Å². The van der Waals surface area contributed by atoms with Gasteiger partial charge in [-0.05, 0) is 86.6 Å². The molecule has 1 aromatic heterocycles. The third-order valence-electron chi connectivity index (χ3n) is 10.2. The molecule has 1 atom stereocenters. The molecule has 4 aliphatic rings. The van der Waals surface area contributed by atoms with Crippen LogP contribution in [0.15, 0.2) is 71.3 Å². The van der Waals surface area contributed by atoms with Crippen molar-refractivity contribution in [2.75, 3.05) is 53.7 Å². The maximum absolute atomic E-state index is 15.0. The molecule has 2 aromatic carbocycles. The molecule has 14 heteroatoms. The van der Waals surface area contributed by atoms with Crippen LogP contribution in [0.2, 0.25) is 0 Å². The first-order valence-corrected chi connectivity index (χ1v) is 17.8. The van der Waals surface area contributed by atoms with E-state index in [1.165, 1.54) is 37.1 Å². The normalized spacial score (nSPS) is 20.2. The number of nitrogens with one attached hydrogen (secondary N) is 4. The topological polar surface area (TPSA) is 156 Å². The third kappa shape index (κ3) is 7.40. The summed E-state index contributed by atoms with van der Waals surface area (Å²) in [6, 6.07) is 12.7. The molecule has 4 heterocycles. The van der Waals surface area contributed by atoms with E-state index in [1.54, 1.807) is 12.1 Å². The number of amides is 2. The van der Waals surface area contributed by atoms with Crippen molar-refractivity contribution in [2.24, 2.45) is 9.98 Å². The molecule has 52 heavy (non-hydrogen) atoms. The lowest BCUT2D eigenvalue weighted by atomic mass is 10.0. The Kier molecular flexibility index (Phi) is 10.3. The van der Waals surface area contributed by atoms with Crippen molar-refractivity contribution in [3.63, 3.8) is 0 Å². The third-order valence-corrected chi connectivity index (χ3v) is 10.2. The highest BCUT2D eigenvalue weighted by Gasteiger charge is 2.37. The fraction of sp³-hybridized carbons (Fsp3) is 0.395. The summed E-state index contributed by atoms with van der Waals surface area (Å²) < 4.78 is 20.6. The highest BCUT2D eigenvalue weighted by Crippen LogP contribution is 2.41. The second-order valence-corrected chi connectivity index (χ2v) is 13.6. The second kappa shape index (κ2) is 15.2. The molecule has 13 nitrogen and oxygen atoms in total. The number of piperazine rings is 1. The average Bonchev–Trinajstić information content (AvgIpc) is 4.02. The number of halogens is 1. The Morgan fingerprint density at radius 1 is 1.08 bits per heavy atom. The van der Waals surface area contributed by atoms with Crippen LogP contribution in [-0.4, -0.2) is 84.4 Å². The molecule has 3 fully saturated rings. The zero-order valence-corrected chi connectivity index (χ0v) is 29.1. The number of aliphatic hydroxyl groups excluding tert-OH is 1. The molecular weight excluding hydrogens is 665 g/mol. The number of hydrogen-bond acceptors (Lipinski definition) is 11. The fourth-order valence-corrected chi connectivity index (χ4v) is 7.32. The molecule has 7 rings (SSSR count). The van der Waals surface area contributed by atoms with Gasteiger partial charge in [0.1, 0.15) is 11.6 Å². The van der Waals surface area contributed by atoms with E-state index in [0.29, 0.717) is 28.9 Å². The number of rotatable bonds is 11. The fourth-order valence-electron chi connectivity index (χ4n) is 7.32. The number of anilines is 4. The highest BCUT2D eigenvalue weighted by atomic mass is 19.1. The van der Waals surface area contributed by atoms with Crippen LogP contribution in [0.25, 0.3) is 0 Å². The summed E-state index contributed by atoms with van der Waals surface area (Å²) in [4.78, 5) is 44.5. The molecule has 0 radical (unpaired) electrons. The number of hydrogen-bond donors (Lipinski definition) is 5. The molecular formula is C38H44FN9O4. The Labute approximate surface area is 302 Å². The predicted molar refractivity (Wildman–Crippen MR) is 199 cm³/mol. The minimum absolute atomic E-state index is 0.0453. The van der Waals surface area contributed by atoms with Gasteiger partial charge in [-0.3, -0.25) is 14.5 Å². The number of nitrogens with zero attached hydrogens (tertiary/aromatic N) is 5. The number of pyridine rings is 1. The van der Waals surface area contributed by atoms with Gasteiger partial charge in [-0.1, -0.05) is 12.6 Å². The van der Waals surface area contributed by atoms with Crippen LogP contribution in [0, 0.1) is 5.82 Å². The molecule has 0 bridgehead atoms. The van der Waals surface area contributed by atoms with Gasteiger partial charge in [0.25, 0.3) is 11.7 Å². The SMILES string of the molecule is C=CC(=O)Nc1cc(NC2(c3ccnc(NC(=O)c4ccc(C5CC5)cc4F)c3CO)N=CNC=N2)ccc1N1CCN(C2CCOCC2)CC1C.